The van der Waals surface area contributed by atoms with Crippen LogP contribution in [0.5, 0.6) is 0 Å². The van der Waals surface area contributed by atoms with Gasteiger partial charge in [0.25, 0.3) is 10.1 Å². The molecule has 3 aromatic rings. The van der Waals surface area contributed by atoms with Crippen molar-refractivity contribution in [2.24, 2.45) is 10.2 Å². The van der Waals surface area contributed by atoms with Gasteiger partial charge in [-0.2, -0.15) is 13.5 Å². The van der Waals surface area contributed by atoms with E-state index < -0.39 is 10.1 Å². The van der Waals surface area contributed by atoms with Crippen LogP contribution in [0.1, 0.15) is 23.1 Å². The Bertz CT molecular complexity index is 1210. The normalized spacial score (nSPS) is 11.5. The SMILES string of the molecule is CN(C)c1ccc(C(=NN=Cc2cc[n+](CCCS(=O)(=O)O)cc2)c2ccc(N(C)C)cc2)cc1. The molecule has 9 heteroatoms. The zero-order valence-corrected chi connectivity index (χ0v) is 21.4. The van der Waals surface area contributed by atoms with Crippen LogP contribution < -0.4 is 14.4 Å². The Balaban J connectivity index is 1.82. The second kappa shape index (κ2) is 11.7. The molecule has 0 aliphatic carbocycles. The van der Waals surface area contributed by atoms with Crippen molar-refractivity contribution in [3.05, 3.63) is 89.7 Å². The number of aryl methyl sites for hydroxylation is 1. The van der Waals surface area contributed by atoms with Gasteiger partial charge in [-0.3, -0.25) is 4.55 Å². The van der Waals surface area contributed by atoms with Gasteiger partial charge in [-0.15, -0.1) is 5.10 Å². The Morgan fingerprint density at radius 2 is 1.34 bits per heavy atom. The number of nitrogens with zero attached hydrogens (tertiary/aromatic N) is 5. The van der Waals surface area contributed by atoms with Crippen LogP contribution in [-0.4, -0.2) is 58.8 Å². The average Bonchev–Trinajstić information content (AvgIpc) is 2.82. The summed E-state index contributed by atoms with van der Waals surface area (Å²) in [5, 5.41) is 8.92. The van der Waals surface area contributed by atoms with E-state index in [0.717, 1.165) is 33.8 Å². The van der Waals surface area contributed by atoms with E-state index >= 15 is 0 Å². The summed E-state index contributed by atoms with van der Waals surface area (Å²) in [6.07, 6.45) is 5.71. The second-order valence-corrected chi connectivity index (χ2v) is 10.2. The molecule has 0 radical (unpaired) electrons. The molecule has 35 heavy (non-hydrogen) atoms. The molecule has 0 fully saturated rings. The van der Waals surface area contributed by atoms with Crippen LogP contribution in [0.2, 0.25) is 0 Å². The summed E-state index contributed by atoms with van der Waals surface area (Å²) in [6.45, 7) is 0.491. The van der Waals surface area contributed by atoms with Gasteiger partial charge in [0, 0.05) is 74.8 Å². The highest BCUT2D eigenvalue weighted by molar-refractivity contribution is 7.85. The van der Waals surface area contributed by atoms with E-state index in [0.29, 0.717) is 13.0 Å². The Kier molecular flexibility index (Phi) is 8.73. The van der Waals surface area contributed by atoms with Crippen LogP contribution in [0.4, 0.5) is 11.4 Å². The molecule has 3 rings (SSSR count). The first-order valence-corrected chi connectivity index (χ1v) is 12.8. The zero-order chi connectivity index (χ0) is 25.4. The van der Waals surface area contributed by atoms with E-state index in [1.54, 1.807) is 6.21 Å². The maximum atomic E-state index is 10.9. The van der Waals surface area contributed by atoms with Gasteiger partial charge < -0.3 is 9.80 Å². The third-order valence-corrected chi connectivity index (χ3v) is 6.22. The third-order valence-electron chi connectivity index (χ3n) is 5.41. The van der Waals surface area contributed by atoms with E-state index in [1.165, 1.54) is 0 Å². The molecule has 0 spiro atoms. The quantitative estimate of drug-likeness (QED) is 0.202. The minimum Gasteiger partial charge on any atom is -0.378 e. The molecule has 0 bridgehead atoms. The lowest BCUT2D eigenvalue weighted by molar-refractivity contribution is -0.696. The molecule has 2 aromatic carbocycles. The number of aromatic nitrogens is 1. The van der Waals surface area contributed by atoms with E-state index in [1.807, 2.05) is 81.5 Å². The van der Waals surface area contributed by atoms with Gasteiger partial charge in [-0.05, 0) is 24.3 Å². The van der Waals surface area contributed by atoms with Gasteiger partial charge >= 0.3 is 0 Å². The molecule has 0 saturated carbocycles. The minimum absolute atomic E-state index is 0.258. The molecular weight excluding hydrogens is 462 g/mol. The molecule has 1 N–H and O–H groups in total. The van der Waals surface area contributed by atoms with Crippen LogP contribution in [-0.2, 0) is 16.7 Å². The first-order valence-electron chi connectivity index (χ1n) is 11.2. The zero-order valence-electron chi connectivity index (χ0n) is 20.5. The molecular formula is C26H32N5O3S+. The lowest BCUT2D eigenvalue weighted by Gasteiger charge is -2.15. The summed E-state index contributed by atoms with van der Waals surface area (Å²) in [5.41, 5.74) is 5.78. The van der Waals surface area contributed by atoms with Gasteiger partial charge in [0.1, 0.15) is 12.3 Å². The fourth-order valence-electron chi connectivity index (χ4n) is 3.40. The molecule has 0 aliphatic heterocycles. The maximum Gasteiger partial charge on any atom is 0.265 e. The number of rotatable bonds is 10. The van der Waals surface area contributed by atoms with Crippen LogP contribution in [0, 0.1) is 0 Å². The first kappa shape index (κ1) is 26.1. The summed E-state index contributed by atoms with van der Waals surface area (Å²) in [4.78, 5) is 4.10. The minimum atomic E-state index is -3.94. The van der Waals surface area contributed by atoms with Crippen molar-refractivity contribution >= 4 is 33.4 Å². The van der Waals surface area contributed by atoms with E-state index in [2.05, 4.69) is 44.3 Å². The molecule has 184 valence electrons. The Hall–Kier alpha value is -3.56. The number of hydrogen-bond acceptors (Lipinski definition) is 6. The Labute approximate surface area is 207 Å². The fourth-order valence-corrected chi connectivity index (χ4v) is 3.90. The Morgan fingerprint density at radius 1 is 0.857 bits per heavy atom. The lowest BCUT2D eigenvalue weighted by Crippen LogP contribution is -2.33. The highest BCUT2D eigenvalue weighted by Gasteiger charge is 2.10. The average molecular weight is 495 g/mol. The topological polar surface area (TPSA) is 89.4 Å². The molecule has 0 atom stereocenters. The predicted octanol–water partition coefficient (Wildman–Crippen LogP) is 3.26. The van der Waals surface area contributed by atoms with Crippen LogP contribution >= 0.6 is 0 Å². The summed E-state index contributed by atoms with van der Waals surface area (Å²) >= 11 is 0. The number of anilines is 2. The molecule has 1 aromatic heterocycles. The Morgan fingerprint density at radius 3 is 1.77 bits per heavy atom. The van der Waals surface area contributed by atoms with Crippen molar-refractivity contribution in [2.45, 2.75) is 13.0 Å². The highest BCUT2D eigenvalue weighted by Crippen LogP contribution is 2.19. The van der Waals surface area contributed by atoms with E-state index in [4.69, 9.17) is 4.55 Å². The van der Waals surface area contributed by atoms with E-state index in [-0.39, 0.29) is 5.75 Å². The van der Waals surface area contributed by atoms with E-state index in [9.17, 15) is 8.42 Å². The third kappa shape index (κ3) is 8.01. The molecule has 8 nitrogen and oxygen atoms in total. The van der Waals surface area contributed by atoms with Gasteiger partial charge in [0.05, 0.1) is 12.0 Å². The first-order chi connectivity index (χ1) is 16.6. The predicted molar refractivity (Wildman–Crippen MR) is 142 cm³/mol. The number of pyridine rings is 1. The highest BCUT2D eigenvalue weighted by atomic mass is 32.2. The molecule has 1 heterocycles. The number of benzene rings is 2. The molecule has 0 amide bonds. The van der Waals surface area contributed by atoms with Crippen LogP contribution in [0.15, 0.2) is 83.3 Å². The largest absolute Gasteiger partial charge is 0.378 e. The van der Waals surface area contributed by atoms with Crippen LogP contribution in [0.3, 0.4) is 0 Å². The van der Waals surface area contributed by atoms with Crippen molar-refractivity contribution in [3.63, 3.8) is 0 Å². The monoisotopic (exact) mass is 494 g/mol. The molecule has 0 unspecified atom stereocenters. The van der Waals surface area contributed by atoms with Gasteiger partial charge in [0.15, 0.2) is 12.4 Å². The smallest absolute Gasteiger partial charge is 0.265 e. The van der Waals surface area contributed by atoms with Crippen molar-refractivity contribution < 1.29 is 17.5 Å². The van der Waals surface area contributed by atoms with Crippen molar-refractivity contribution in [1.82, 2.24) is 0 Å². The lowest BCUT2D eigenvalue weighted by atomic mass is 10.0. The number of hydrogen-bond donors (Lipinski definition) is 1. The summed E-state index contributed by atoms with van der Waals surface area (Å²) in [7, 11) is 4.09. The summed E-state index contributed by atoms with van der Waals surface area (Å²) in [5.74, 6) is -0.258. The van der Waals surface area contributed by atoms with Crippen molar-refractivity contribution in [3.8, 4) is 0 Å². The standard InChI is InChI=1S/C26H31N5O3S/c1-29(2)24-10-6-22(7-11-24)26(23-8-12-25(13-9-23)30(3)4)28-27-20-21-14-17-31(18-15-21)16-5-19-35(32,33)34/h6-15,17-18,20H,5,16,19H2,1-4H3/p+1. The van der Waals surface area contributed by atoms with Gasteiger partial charge in [0.2, 0.25) is 0 Å². The fraction of sp³-hybridized carbons (Fsp3) is 0.269. The van der Waals surface area contributed by atoms with Crippen molar-refractivity contribution in [2.75, 3.05) is 43.7 Å². The molecule has 0 aliphatic rings. The van der Waals surface area contributed by atoms with Gasteiger partial charge in [-0.25, -0.2) is 4.57 Å². The second-order valence-electron chi connectivity index (χ2n) is 8.58. The summed E-state index contributed by atoms with van der Waals surface area (Å²) in [6, 6.07) is 20.2. The molecule has 0 saturated heterocycles. The van der Waals surface area contributed by atoms with Crippen molar-refractivity contribution in [1.29, 1.82) is 0 Å². The maximum absolute atomic E-state index is 10.9. The van der Waals surface area contributed by atoms with Gasteiger partial charge in [-0.1, -0.05) is 24.3 Å². The summed E-state index contributed by atoms with van der Waals surface area (Å²) < 4.78 is 32.4. The van der Waals surface area contributed by atoms with Crippen LogP contribution in [0.25, 0.3) is 0 Å².